The van der Waals surface area contributed by atoms with Gasteiger partial charge in [0.05, 0.1) is 10.5 Å². The van der Waals surface area contributed by atoms with Gasteiger partial charge in [-0.05, 0) is 47.9 Å². The summed E-state index contributed by atoms with van der Waals surface area (Å²) in [5.74, 6) is -1.30. The third kappa shape index (κ3) is 4.54. The molecule has 1 saturated carbocycles. The van der Waals surface area contributed by atoms with E-state index in [1.807, 2.05) is 36.4 Å². The number of ether oxygens (including phenoxy) is 1. The fraction of sp³-hybridized carbons (Fsp3) is 0.182. The molecule has 8 nitrogen and oxygen atoms in total. The smallest absolute Gasteiger partial charge is 0.338 e. The molecule has 0 radical (unpaired) electrons. The molecule has 0 aromatic heterocycles. The zero-order chi connectivity index (χ0) is 21.1. The van der Waals surface area contributed by atoms with Crippen molar-refractivity contribution in [2.45, 2.75) is 18.9 Å². The van der Waals surface area contributed by atoms with Crippen LogP contribution in [-0.2, 0) is 9.53 Å². The van der Waals surface area contributed by atoms with E-state index >= 15 is 0 Å². The SMILES string of the molecule is O=C(COC(=O)c1ccc(NC2CC2)c([N+](=O)[O-])c1)Nc1ccc2ccccc2c1. The average Bonchev–Trinajstić information content (AvgIpc) is 3.56. The van der Waals surface area contributed by atoms with Gasteiger partial charge in [-0.3, -0.25) is 14.9 Å². The number of carbonyl (C=O) groups excluding carboxylic acids is 2. The molecule has 0 spiro atoms. The van der Waals surface area contributed by atoms with Crippen molar-refractivity contribution in [1.29, 1.82) is 0 Å². The molecule has 1 aliphatic rings. The summed E-state index contributed by atoms with van der Waals surface area (Å²) in [7, 11) is 0. The van der Waals surface area contributed by atoms with Gasteiger partial charge in [0.1, 0.15) is 5.69 Å². The molecule has 152 valence electrons. The van der Waals surface area contributed by atoms with Gasteiger partial charge in [0.25, 0.3) is 11.6 Å². The summed E-state index contributed by atoms with van der Waals surface area (Å²) in [5.41, 5.74) is 0.771. The van der Waals surface area contributed by atoms with E-state index in [-0.39, 0.29) is 17.3 Å². The maximum Gasteiger partial charge on any atom is 0.338 e. The molecule has 1 fully saturated rings. The summed E-state index contributed by atoms with van der Waals surface area (Å²) in [6, 6.07) is 17.5. The molecule has 0 heterocycles. The fourth-order valence-electron chi connectivity index (χ4n) is 3.06. The molecular weight excluding hydrogens is 386 g/mol. The molecule has 0 unspecified atom stereocenters. The normalized spacial score (nSPS) is 12.9. The maximum absolute atomic E-state index is 12.3. The highest BCUT2D eigenvalue weighted by Crippen LogP contribution is 2.31. The van der Waals surface area contributed by atoms with Crippen LogP contribution in [0, 0.1) is 10.1 Å². The lowest BCUT2D eigenvalue weighted by molar-refractivity contribution is -0.384. The summed E-state index contributed by atoms with van der Waals surface area (Å²) in [5, 5.41) is 19.1. The highest BCUT2D eigenvalue weighted by atomic mass is 16.6. The first kappa shape index (κ1) is 19.4. The van der Waals surface area contributed by atoms with Gasteiger partial charge in [-0.2, -0.15) is 0 Å². The Bertz CT molecular complexity index is 1140. The standard InChI is InChI=1S/C22H19N3O5/c26-21(24-18-7-5-14-3-1-2-4-15(14)11-18)13-30-22(27)16-6-10-19(23-17-8-9-17)20(12-16)25(28)29/h1-7,10-12,17,23H,8-9,13H2,(H,24,26). The monoisotopic (exact) mass is 405 g/mol. The van der Waals surface area contributed by atoms with E-state index in [0.29, 0.717) is 11.4 Å². The molecule has 30 heavy (non-hydrogen) atoms. The van der Waals surface area contributed by atoms with Crippen LogP contribution in [0.15, 0.2) is 60.7 Å². The van der Waals surface area contributed by atoms with Crippen LogP contribution in [0.2, 0.25) is 0 Å². The first-order valence-corrected chi connectivity index (χ1v) is 9.50. The molecule has 1 aliphatic carbocycles. The number of benzene rings is 3. The fourth-order valence-corrected chi connectivity index (χ4v) is 3.06. The number of fused-ring (bicyclic) bond motifs is 1. The lowest BCUT2D eigenvalue weighted by atomic mass is 10.1. The second-order valence-corrected chi connectivity index (χ2v) is 7.09. The molecule has 1 amide bonds. The Morgan fingerprint density at radius 1 is 1.03 bits per heavy atom. The Kier molecular flexibility index (Phi) is 5.30. The van der Waals surface area contributed by atoms with E-state index in [2.05, 4.69) is 10.6 Å². The third-order valence-electron chi connectivity index (χ3n) is 4.73. The number of hydrogen-bond donors (Lipinski definition) is 2. The second kappa shape index (κ2) is 8.20. The quantitative estimate of drug-likeness (QED) is 0.348. The Morgan fingerprint density at radius 2 is 1.80 bits per heavy atom. The number of anilines is 2. The van der Waals surface area contributed by atoms with Crippen molar-refractivity contribution >= 4 is 39.7 Å². The molecule has 2 N–H and O–H groups in total. The summed E-state index contributed by atoms with van der Waals surface area (Å²) >= 11 is 0. The number of rotatable bonds is 7. The van der Waals surface area contributed by atoms with E-state index in [9.17, 15) is 19.7 Å². The number of nitrogens with zero attached hydrogens (tertiary/aromatic N) is 1. The van der Waals surface area contributed by atoms with Gasteiger partial charge in [-0.15, -0.1) is 0 Å². The van der Waals surface area contributed by atoms with Gasteiger partial charge in [0.15, 0.2) is 6.61 Å². The lowest BCUT2D eigenvalue weighted by Crippen LogP contribution is -2.21. The van der Waals surface area contributed by atoms with Crippen molar-refractivity contribution in [3.63, 3.8) is 0 Å². The van der Waals surface area contributed by atoms with E-state index in [4.69, 9.17) is 4.74 Å². The average molecular weight is 405 g/mol. The van der Waals surface area contributed by atoms with E-state index in [0.717, 1.165) is 29.7 Å². The Labute approximate surface area is 172 Å². The van der Waals surface area contributed by atoms with Crippen molar-refractivity contribution in [3.05, 3.63) is 76.3 Å². The Hall–Kier alpha value is -3.94. The first-order valence-electron chi connectivity index (χ1n) is 9.50. The number of nitrogens with one attached hydrogen (secondary N) is 2. The molecule has 0 bridgehead atoms. The topological polar surface area (TPSA) is 111 Å². The van der Waals surface area contributed by atoms with Crippen molar-refractivity contribution in [2.24, 2.45) is 0 Å². The zero-order valence-electron chi connectivity index (χ0n) is 16.0. The van der Waals surface area contributed by atoms with Crippen LogP contribution in [0.1, 0.15) is 23.2 Å². The first-order chi connectivity index (χ1) is 14.5. The minimum atomic E-state index is -0.801. The summed E-state index contributed by atoms with van der Waals surface area (Å²) in [6.45, 7) is -0.498. The number of esters is 1. The predicted molar refractivity (Wildman–Crippen MR) is 113 cm³/mol. The van der Waals surface area contributed by atoms with Crippen LogP contribution in [0.5, 0.6) is 0 Å². The minimum Gasteiger partial charge on any atom is -0.452 e. The van der Waals surface area contributed by atoms with Crippen molar-refractivity contribution in [1.82, 2.24) is 0 Å². The lowest BCUT2D eigenvalue weighted by Gasteiger charge is -2.09. The third-order valence-corrected chi connectivity index (χ3v) is 4.73. The number of carbonyl (C=O) groups is 2. The molecule has 4 rings (SSSR count). The van der Waals surface area contributed by atoms with Gasteiger partial charge in [0, 0.05) is 17.8 Å². The van der Waals surface area contributed by atoms with Crippen LogP contribution >= 0.6 is 0 Å². The molecule has 0 atom stereocenters. The molecule has 0 aliphatic heterocycles. The molecular formula is C22H19N3O5. The summed E-state index contributed by atoms with van der Waals surface area (Å²) in [4.78, 5) is 35.1. The van der Waals surface area contributed by atoms with Crippen molar-refractivity contribution in [3.8, 4) is 0 Å². The van der Waals surface area contributed by atoms with E-state index < -0.39 is 23.4 Å². The Morgan fingerprint density at radius 3 is 2.53 bits per heavy atom. The van der Waals surface area contributed by atoms with Crippen LogP contribution in [0.25, 0.3) is 10.8 Å². The molecule has 3 aromatic carbocycles. The molecule has 8 heteroatoms. The van der Waals surface area contributed by atoms with E-state index in [1.165, 1.54) is 12.1 Å². The van der Waals surface area contributed by atoms with Gasteiger partial charge in [-0.1, -0.05) is 30.3 Å². The zero-order valence-corrected chi connectivity index (χ0v) is 16.0. The van der Waals surface area contributed by atoms with Crippen molar-refractivity contribution < 1.29 is 19.2 Å². The number of amides is 1. The van der Waals surface area contributed by atoms with Gasteiger partial charge in [0.2, 0.25) is 0 Å². The van der Waals surface area contributed by atoms with Gasteiger partial charge in [-0.25, -0.2) is 4.79 Å². The second-order valence-electron chi connectivity index (χ2n) is 7.09. The number of nitro groups is 1. The highest BCUT2D eigenvalue weighted by molar-refractivity contribution is 5.97. The number of hydrogen-bond acceptors (Lipinski definition) is 6. The highest BCUT2D eigenvalue weighted by Gasteiger charge is 2.26. The van der Waals surface area contributed by atoms with Crippen LogP contribution in [0.3, 0.4) is 0 Å². The van der Waals surface area contributed by atoms with Crippen LogP contribution in [0.4, 0.5) is 17.1 Å². The van der Waals surface area contributed by atoms with E-state index in [1.54, 1.807) is 6.07 Å². The predicted octanol–water partition coefficient (Wildman–Crippen LogP) is 4.12. The molecule has 3 aromatic rings. The molecule has 0 saturated heterocycles. The summed E-state index contributed by atoms with van der Waals surface area (Å²) in [6.07, 6.45) is 1.93. The van der Waals surface area contributed by atoms with Crippen LogP contribution in [-0.4, -0.2) is 29.4 Å². The Balaban J connectivity index is 1.37. The minimum absolute atomic E-state index is 0.0153. The summed E-state index contributed by atoms with van der Waals surface area (Å²) < 4.78 is 5.02. The van der Waals surface area contributed by atoms with Gasteiger partial charge < -0.3 is 15.4 Å². The number of nitro benzene ring substituents is 1. The maximum atomic E-state index is 12.3. The largest absolute Gasteiger partial charge is 0.452 e. The van der Waals surface area contributed by atoms with Crippen LogP contribution < -0.4 is 10.6 Å². The van der Waals surface area contributed by atoms with Gasteiger partial charge >= 0.3 is 5.97 Å². The van der Waals surface area contributed by atoms with Crippen molar-refractivity contribution in [2.75, 3.05) is 17.2 Å².